The molecule has 1 amide bonds. The molecule has 0 fully saturated rings. The van der Waals surface area contributed by atoms with Gasteiger partial charge in [0.05, 0.1) is 6.61 Å². The molecule has 0 saturated heterocycles. The molecule has 0 saturated carbocycles. The van der Waals surface area contributed by atoms with Crippen LogP contribution in [0.1, 0.15) is 24.2 Å². The molecule has 1 unspecified atom stereocenters. The fraction of sp³-hybridized carbons (Fsp3) is 0.278. The van der Waals surface area contributed by atoms with Crippen LogP contribution in [0.25, 0.3) is 0 Å². The first kappa shape index (κ1) is 16.0. The van der Waals surface area contributed by atoms with Gasteiger partial charge in [0, 0.05) is 6.54 Å². The van der Waals surface area contributed by atoms with Crippen LogP contribution in [-0.4, -0.2) is 24.2 Å². The number of para-hydroxylation sites is 1. The maximum atomic E-state index is 12.0. The monoisotopic (exact) mass is 299 g/mol. The van der Waals surface area contributed by atoms with Gasteiger partial charge >= 0.3 is 0 Å². The Morgan fingerprint density at radius 3 is 2.55 bits per heavy atom. The fourth-order valence-corrected chi connectivity index (χ4v) is 2.21. The van der Waals surface area contributed by atoms with Crippen LogP contribution in [-0.2, 0) is 11.2 Å². The van der Waals surface area contributed by atoms with Crippen molar-refractivity contribution in [2.75, 3.05) is 13.2 Å². The maximum Gasteiger partial charge on any atom is 0.253 e. The van der Waals surface area contributed by atoms with Gasteiger partial charge in [-0.05, 0) is 30.5 Å². The fourth-order valence-electron chi connectivity index (χ4n) is 2.21. The Labute approximate surface area is 130 Å². The van der Waals surface area contributed by atoms with Crippen molar-refractivity contribution in [2.24, 2.45) is 0 Å². The standard InChI is InChI=1S/C18H21NO3/c1-2-22-16-11-7-6-8-14(16)12-13-19-18(21)17(20)15-9-4-3-5-10-15/h3-11,17,20H,2,12-13H2,1H3,(H,19,21). The van der Waals surface area contributed by atoms with Crippen LogP contribution < -0.4 is 10.1 Å². The molecule has 0 spiro atoms. The molecule has 2 rings (SSSR count). The van der Waals surface area contributed by atoms with Crippen LogP contribution in [0.15, 0.2) is 54.6 Å². The first-order chi connectivity index (χ1) is 10.7. The first-order valence-electron chi connectivity index (χ1n) is 7.43. The Balaban J connectivity index is 1.87. The number of amides is 1. The minimum Gasteiger partial charge on any atom is -0.494 e. The molecular formula is C18H21NO3. The topological polar surface area (TPSA) is 58.6 Å². The van der Waals surface area contributed by atoms with Crippen molar-refractivity contribution in [1.29, 1.82) is 0 Å². The molecule has 2 N–H and O–H groups in total. The normalized spacial score (nSPS) is 11.7. The predicted molar refractivity (Wildman–Crippen MR) is 85.7 cm³/mol. The Hall–Kier alpha value is -2.33. The van der Waals surface area contributed by atoms with E-state index in [1.54, 1.807) is 24.3 Å². The summed E-state index contributed by atoms with van der Waals surface area (Å²) in [6.45, 7) is 3.00. The molecule has 0 aromatic heterocycles. The Kier molecular flexibility index (Phi) is 5.98. The van der Waals surface area contributed by atoms with E-state index in [1.165, 1.54) is 0 Å². The second-order valence-corrected chi connectivity index (χ2v) is 4.89. The molecular weight excluding hydrogens is 278 g/mol. The quantitative estimate of drug-likeness (QED) is 0.826. The summed E-state index contributed by atoms with van der Waals surface area (Å²) >= 11 is 0. The summed E-state index contributed by atoms with van der Waals surface area (Å²) in [7, 11) is 0. The average Bonchev–Trinajstić information content (AvgIpc) is 2.56. The van der Waals surface area contributed by atoms with E-state index in [4.69, 9.17) is 4.74 Å². The van der Waals surface area contributed by atoms with Crippen molar-refractivity contribution in [3.63, 3.8) is 0 Å². The van der Waals surface area contributed by atoms with Crippen molar-refractivity contribution in [1.82, 2.24) is 5.32 Å². The van der Waals surface area contributed by atoms with Gasteiger partial charge in [-0.15, -0.1) is 0 Å². The summed E-state index contributed by atoms with van der Waals surface area (Å²) in [5, 5.41) is 12.7. The summed E-state index contributed by atoms with van der Waals surface area (Å²) in [5.41, 5.74) is 1.63. The van der Waals surface area contributed by atoms with Crippen molar-refractivity contribution in [3.05, 3.63) is 65.7 Å². The van der Waals surface area contributed by atoms with Gasteiger partial charge in [-0.3, -0.25) is 4.79 Å². The molecule has 4 nitrogen and oxygen atoms in total. The van der Waals surface area contributed by atoms with E-state index >= 15 is 0 Å². The number of benzene rings is 2. The van der Waals surface area contributed by atoms with E-state index in [0.29, 0.717) is 25.1 Å². The van der Waals surface area contributed by atoms with E-state index in [1.807, 2.05) is 37.3 Å². The number of carbonyl (C=O) groups excluding carboxylic acids is 1. The van der Waals surface area contributed by atoms with E-state index in [9.17, 15) is 9.90 Å². The summed E-state index contributed by atoms with van der Waals surface area (Å²) in [6.07, 6.45) is -0.480. The third-order valence-electron chi connectivity index (χ3n) is 3.33. The molecule has 2 aromatic carbocycles. The lowest BCUT2D eigenvalue weighted by Gasteiger charge is -2.13. The third kappa shape index (κ3) is 4.33. The highest BCUT2D eigenvalue weighted by molar-refractivity contribution is 5.81. The molecule has 0 radical (unpaired) electrons. The molecule has 1 atom stereocenters. The van der Waals surface area contributed by atoms with E-state index in [2.05, 4.69) is 5.32 Å². The van der Waals surface area contributed by atoms with Crippen molar-refractivity contribution < 1.29 is 14.6 Å². The van der Waals surface area contributed by atoms with E-state index in [-0.39, 0.29) is 5.91 Å². The van der Waals surface area contributed by atoms with Crippen LogP contribution in [0.3, 0.4) is 0 Å². The first-order valence-corrected chi connectivity index (χ1v) is 7.43. The van der Waals surface area contributed by atoms with Gasteiger partial charge < -0.3 is 15.2 Å². The molecule has 0 aliphatic rings. The number of carbonyl (C=O) groups is 1. The minimum atomic E-state index is -1.14. The highest BCUT2D eigenvalue weighted by atomic mass is 16.5. The summed E-state index contributed by atoms with van der Waals surface area (Å²) in [6, 6.07) is 16.7. The van der Waals surface area contributed by atoms with Gasteiger partial charge in [0.2, 0.25) is 0 Å². The van der Waals surface area contributed by atoms with Crippen molar-refractivity contribution in [2.45, 2.75) is 19.4 Å². The molecule has 4 heteroatoms. The van der Waals surface area contributed by atoms with Gasteiger partial charge in [0.1, 0.15) is 5.75 Å². The summed E-state index contributed by atoms with van der Waals surface area (Å²) in [4.78, 5) is 12.0. The third-order valence-corrected chi connectivity index (χ3v) is 3.33. The van der Waals surface area contributed by atoms with Gasteiger partial charge in [0.15, 0.2) is 6.10 Å². The Morgan fingerprint density at radius 1 is 1.14 bits per heavy atom. The summed E-state index contributed by atoms with van der Waals surface area (Å²) in [5.74, 6) is 0.447. The van der Waals surface area contributed by atoms with Crippen LogP contribution in [0, 0.1) is 0 Å². The average molecular weight is 299 g/mol. The molecule has 2 aromatic rings. The lowest BCUT2D eigenvalue weighted by Crippen LogP contribution is -2.31. The van der Waals surface area contributed by atoms with Crippen molar-refractivity contribution >= 4 is 5.91 Å². The van der Waals surface area contributed by atoms with E-state index in [0.717, 1.165) is 11.3 Å². The lowest BCUT2D eigenvalue weighted by atomic mass is 10.1. The van der Waals surface area contributed by atoms with Crippen LogP contribution in [0.4, 0.5) is 0 Å². The number of hydrogen-bond acceptors (Lipinski definition) is 3. The Bertz CT molecular complexity index is 598. The second kappa shape index (κ2) is 8.20. The number of hydrogen-bond donors (Lipinski definition) is 2. The summed E-state index contributed by atoms with van der Waals surface area (Å²) < 4.78 is 5.55. The Morgan fingerprint density at radius 2 is 1.82 bits per heavy atom. The maximum absolute atomic E-state index is 12.0. The number of ether oxygens (including phenoxy) is 1. The molecule has 0 aliphatic carbocycles. The number of nitrogens with one attached hydrogen (secondary N) is 1. The van der Waals surface area contributed by atoms with E-state index < -0.39 is 6.10 Å². The zero-order valence-electron chi connectivity index (χ0n) is 12.7. The molecule has 116 valence electrons. The lowest BCUT2D eigenvalue weighted by molar-refractivity contribution is -0.129. The number of aliphatic hydroxyl groups is 1. The minimum absolute atomic E-state index is 0.389. The molecule has 0 heterocycles. The SMILES string of the molecule is CCOc1ccccc1CCNC(=O)C(O)c1ccccc1. The number of rotatable bonds is 7. The largest absolute Gasteiger partial charge is 0.494 e. The van der Waals surface area contributed by atoms with Gasteiger partial charge in [0.25, 0.3) is 5.91 Å². The van der Waals surface area contributed by atoms with Crippen LogP contribution >= 0.6 is 0 Å². The van der Waals surface area contributed by atoms with Crippen LogP contribution in [0.2, 0.25) is 0 Å². The number of aliphatic hydroxyl groups excluding tert-OH is 1. The molecule has 22 heavy (non-hydrogen) atoms. The van der Waals surface area contributed by atoms with Crippen LogP contribution in [0.5, 0.6) is 5.75 Å². The molecule has 0 bridgehead atoms. The van der Waals surface area contributed by atoms with Crippen molar-refractivity contribution in [3.8, 4) is 5.75 Å². The zero-order chi connectivity index (χ0) is 15.8. The predicted octanol–water partition coefficient (Wildman–Crippen LogP) is 2.48. The van der Waals surface area contributed by atoms with Gasteiger partial charge in [-0.2, -0.15) is 0 Å². The highest BCUT2D eigenvalue weighted by Crippen LogP contribution is 2.18. The highest BCUT2D eigenvalue weighted by Gasteiger charge is 2.16. The smallest absolute Gasteiger partial charge is 0.253 e. The molecule has 0 aliphatic heterocycles. The second-order valence-electron chi connectivity index (χ2n) is 4.89. The van der Waals surface area contributed by atoms with Gasteiger partial charge in [-0.25, -0.2) is 0 Å². The van der Waals surface area contributed by atoms with Gasteiger partial charge in [-0.1, -0.05) is 48.5 Å². The zero-order valence-corrected chi connectivity index (χ0v) is 12.7.